The molecule has 3 nitrogen and oxygen atoms in total. The zero-order chi connectivity index (χ0) is 13.9. The highest BCUT2D eigenvalue weighted by Crippen LogP contribution is 2.21. The summed E-state index contributed by atoms with van der Waals surface area (Å²) in [7, 11) is 0. The summed E-state index contributed by atoms with van der Waals surface area (Å²) in [5.74, 6) is -0.276. The molecule has 1 aromatic carbocycles. The molecule has 2 atom stereocenters. The average molecular weight is 255 g/mol. The molecule has 0 bridgehead atoms. The van der Waals surface area contributed by atoms with Crippen molar-refractivity contribution in [2.24, 2.45) is 0 Å². The van der Waals surface area contributed by atoms with Crippen molar-refractivity contribution in [1.29, 1.82) is 0 Å². The summed E-state index contributed by atoms with van der Waals surface area (Å²) < 4.78 is 13.2. The van der Waals surface area contributed by atoms with Gasteiger partial charge in [0.25, 0.3) is 0 Å². The van der Waals surface area contributed by atoms with E-state index in [1.807, 2.05) is 20.8 Å². The highest BCUT2D eigenvalue weighted by Gasteiger charge is 2.24. The Kier molecular flexibility index (Phi) is 4.85. The Balaban J connectivity index is 2.80. The van der Waals surface area contributed by atoms with Gasteiger partial charge in [0.05, 0.1) is 12.7 Å². The van der Waals surface area contributed by atoms with Gasteiger partial charge < -0.3 is 15.5 Å². The second-order valence-electron chi connectivity index (χ2n) is 5.43. The zero-order valence-corrected chi connectivity index (χ0v) is 11.4. The van der Waals surface area contributed by atoms with Gasteiger partial charge in [0.1, 0.15) is 5.82 Å². The van der Waals surface area contributed by atoms with Gasteiger partial charge in [0.2, 0.25) is 0 Å². The Hall–Kier alpha value is -0.970. The second kappa shape index (κ2) is 5.78. The van der Waals surface area contributed by atoms with Gasteiger partial charge >= 0.3 is 0 Å². The van der Waals surface area contributed by atoms with Gasteiger partial charge in [-0.25, -0.2) is 4.39 Å². The largest absolute Gasteiger partial charge is 0.394 e. The number of benzene rings is 1. The standard InChI is InChI=1S/C14H22FNO2/c1-9-7-11(5-6-12(9)15)13(18)10(2)16-14(3,4)8-17/h5-7,10,13,16-18H,8H2,1-4H3. The van der Waals surface area contributed by atoms with E-state index in [9.17, 15) is 14.6 Å². The van der Waals surface area contributed by atoms with Crippen LogP contribution in [0.25, 0.3) is 0 Å². The minimum atomic E-state index is -0.741. The van der Waals surface area contributed by atoms with Gasteiger partial charge in [0, 0.05) is 11.6 Å². The molecule has 0 saturated carbocycles. The van der Waals surface area contributed by atoms with Crippen molar-refractivity contribution in [3.05, 3.63) is 35.1 Å². The Bertz CT molecular complexity index is 407. The van der Waals surface area contributed by atoms with Crippen molar-refractivity contribution < 1.29 is 14.6 Å². The molecule has 0 amide bonds. The fourth-order valence-electron chi connectivity index (χ4n) is 1.88. The Labute approximate surface area is 108 Å². The highest BCUT2D eigenvalue weighted by molar-refractivity contribution is 5.26. The van der Waals surface area contributed by atoms with E-state index in [4.69, 9.17) is 0 Å². The lowest BCUT2D eigenvalue weighted by Crippen LogP contribution is -2.49. The third kappa shape index (κ3) is 3.77. The van der Waals surface area contributed by atoms with Crippen molar-refractivity contribution in [3.8, 4) is 0 Å². The molecule has 2 unspecified atom stereocenters. The molecule has 0 spiro atoms. The van der Waals surface area contributed by atoms with E-state index in [0.717, 1.165) is 0 Å². The molecule has 102 valence electrons. The fourth-order valence-corrected chi connectivity index (χ4v) is 1.88. The van der Waals surface area contributed by atoms with E-state index in [1.165, 1.54) is 6.07 Å². The zero-order valence-electron chi connectivity index (χ0n) is 11.4. The number of aliphatic hydroxyl groups excluding tert-OH is 2. The molecule has 0 radical (unpaired) electrons. The first-order chi connectivity index (χ1) is 8.26. The molecule has 1 rings (SSSR count). The lowest BCUT2D eigenvalue weighted by molar-refractivity contribution is 0.0990. The van der Waals surface area contributed by atoms with Gasteiger partial charge in [-0.2, -0.15) is 0 Å². The fraction of sp³-hybridized carbons (Fsp3) is 0.571. The molecule has 0 heterocycles. The number of halogens is 1. The van der Waals surface area contributed by atoms with Crippen LogP contribution in [0.3, 0.4) is 0 Å². The molecule has 0 aliphatic rings. The highest BCUT2D eigenvalue weighted by atomic mass is 19.1. The SMILES string of the molecule is Cc1cc(C(O)C(C)NC(C)(C)CO)ccc1F. The number of aryl methyl sites for hydroxylation is 1. The van der Waals surface area contributed by atoms with Gasteiger partial charge in [-0.3, -0.25) is 0 Å². The molecule has 3 N–H and O–H groups in total. The minimum Gasteiger partial charge on any atom is -0.394 e. The van der Waals surface area contributed by atoms with E-state index in [0.29, 0.717) is 11.1 Å². The first-order valence-electron chi connectivity index (χ1n) is 6.09. The summed E-state index contributed by atoms with van der Waals surface area (Å²) in [6.45, 7) is 7.19. The van der Waals surface area contributed by atoms with Gasteiger partial charge in [0.15, 0.2) is 0 Å². The molecular formula is C14H22FNO2. The first-order valence-corrected chi connectivity index (χ1v) is 6.09. The third-order valence-electron chi connectivity index (χ3n) is 3.01. The van der Waals surface area contributed by atoms with E-state index in [1.54, 1.807) is 19.1 Å². The predicted octanol–water partition coefficient (Wildman–Crippen LogP) is 1.92. The van der Waals surface area contributed by atoms with E-state index >= 15 is 0 Å². The smallest absolute Gasteiger partial charge is 0.126 e. The summed E-state index contributed by atoms with van der Waals surface area (Å²) in [4.78, 5) is 0. The van der Waals surface area contributed by atoms with Crippen molar-refractivity contribution in [2.45, 2.75) is 45.4 Å². The molecule has 1 aromatic rings. The van der Waals surface area contributed by atoms with Crippen LogP contribution >= 0.6 is 0 Å². The molecule has 0 aromatic heterocycles. The molecule has 4 heteroatoms. The maximum atomic E-state index is 13.2. The maximum absolute atomic E-state index is 13.2. The van der Waals surface area contributed by atoms with Gasteiger partial charge in [-0.1, -0.05) is 12.1 Å². The van der Waals surface area contributed by atoms with Crippen LogP contribution < -0.4 is 5.32 Å². The number of aliphatic hydroxyl groups is 2. The number of rotatable bonds is 5. The lowest BCUT2D eigenvalue weighted by atomic mass is 9.98. The minimum absolute atomic E-state index is 0.0213. The van der Waals surface area contributed by atoms with E-state index in [2.05, 4.69) is 5.32 Å². The summed E-state index contributed by atoms with van der Waals surface area (Å²) in [5.41, 5.74) is 0.720. The Morgan fingerprint density at radius 2 is 2.00 bits per heavy atom. The normalized spacial score (nSPS) is 15.5. The van der Waals surface area contributed by atoms with Crippen molar-refractivity contribution in [2.75, 3.05) is 6.61 Å². The van der Waals surface area contributed by atoms with Crippen LogP contribution in [0.15, 0.2) is 18.2 Å². The van der Waals surface area contributed by atoms with Gasteiger partial charge in [-0.15, -0.1) is 0 Å². The van der Waals surface area contributed by atoms with Crippen LogP contribution in [0.2, 0.25) is 0 Å². The Morgan fingerprint density at radius 1 is 1.39 bits per heavy atom. The van der Waals surface area contributed by atoms with Crippen molar-refractivity contribution >= 4 is 0 Å². The quantitative estimate of drug-likeness (QED) is 0.753. The molecule has 18 heavy (non-hydrogen) atoms. The summed E-state index contributed by atoms with van der Waals surface area (Å²) in [5, 5.41) is 22.5. The predicted molar refractivity (Wildman–Crippen MR) is 69.9 cm³/mol. The summed E-state index contributed by atoms with van der Waals surface area (Å²) in [6.07, 6.45) is -0.741. The maximum Gasteiger partial charge on any atom is 0.126 e. The molecular weight excluding hydrogens is 233 g/mol. The molecule has 0 saturated heterocycles. The van der Waals surface area contributed by atoms with Crippen LogP contribution in [-0.4, -0.2) is 28.4 Å². The van der Waals surface area contributed by atoms with E-state index < -0.39 is 11.6 Å². The van der Waals surface area contributed by atoms with Crippen LogP contribution in [0, 0.1) is 12.7 Å². The monoisotopic (exact) mass is 255 g/mol. The van der Waals surface area contributed by atoms with Crippen LogP contribution in [0.4, 0.5) is 4.39 Å². The summed E-state index contributed by atoms with van der Waals surface area (Å²) in [6, 6.07) is 4.34. The van der Waals surface area contributed by atoms with Crippen LogP contribution in [-0.2, 0) is 0 Å². The number of nitrogens with one attached hydrogen (secondary N) is 1. The topological polar surface area (TPSA) is 52.5 Å². The number of hydrogen-bond acceptors (Lipinski definition) is 3. The second-order valence-corrected chi connectivity index (χ2v) is 5.43. The van der Waals surface area contributed by atoms with Crippen LogP contribution in [0.1, 0.15) is 38.0 Å². The molecule has 0 aliphatic heterocycles. The average Bonchev–Trinajstić information content (AvgIpc) is 2.31. The Morgan fingerprint density at radius 3 is 2.50 bits per heavy atom. The number of hydrogen-bond donors (Lipinski definition) is 3. The third-order valence-corrected chi connectivity index (χ3v) is 3.01. The van der Waals surface area contributed by atoms with Crippen molar-refractivity contribution in [1.82, 2.24) is 5.32 Å². The molecule has 0 fully saturated rings. The van der Waals surface area contributed by atoms with Gasteiger partial charge in [-0.05, 0) is 44.9 Å². The van der Waals surface area contributed by atoms with E-state index in [-0.39, 0.29) is 18.5 Å². The van der Waals surface area contributed by atoms with Crippen LogP contribution in [0.5, 0.6) is 0 Å². The molecule has 0 aliphatic carbocycles. The summed E-state index contributed by atoms with van der Waals surface area (Å²) >= 11 is 0. The first kappa shape index (κ1) is 15.1. The van der Waals surface area contributed by atoms with Crippen molar-refractivity contribution in [3.63, 3.8) is 0 Å². The lowest BCUT2D eigenvalue weighted by Gasteiger charge is -2.31.